The summed E-state index contributed by atoms with van der Waals surface area (Å²) in [5.41, 5.74) is 3.31. The topological polar surface area (TPSA) is 84.1 Å². The number of fused-ring (bicyclic) bond motifs is 1. The number of carbonyl (C=O) groups excluding carboxylic acids is 2. The zero-order valence-electron chi connectivity index (χ0n) is 21.9. The molecule has 7 nitrogen and oxygen atoms in total. The molecule has 3 aromatic carbocycles. The number of ketones is 1. The molecule has 1 amide bonds. The van der Waals surface area contributed by atoms with Gasteiger partial charge >= 0.3 is 0 Å². The quantitative estimate of drug-likeness (QED) is 0.156. The van der Waals surface area contributed by atoms with Gasteiger partial charge in [-0.1, -0.05) is 66.7 Å². The van der Waals surface area contributed by atoms with Crippen LogP contribution >= 0.6 is 0 Å². The highest BCUT2D eigenvalue weighted by Gasteiger charge is 2.46. The van der Waals surface area contributed by atoms with E-state index in [1.807, 2.05) is 103 Å². The number of benzene rings is 3. The Morgan fingerprint density at radius 2 is 1.57 bits per heavy atom. The number of imidazole rings is 1. The summed E-state index contributed by atoms with van der Waals surface area (Å²) in [4.78, 5) is 33.2. The van der Waals surface area contributed by atoms with Crippen LogP contribution in [-0.4, -0.2) is 37.6 Å². The number of amides is 1. The van der Waals surface area contributed by atoms with Crippen molar-refractivity contribution in [2.75, 3.05) is 6.54 Å². The first kappa shape index (κ1) is 25.1. The number of Topliss-reactive ketones (excluding diaryl/α,β-unsaturated/α-hetero) is 1. The number of carbonyl (C=O) groups is 2. The first-order valence-electron chi connectivity index (χ1n) is 13.1. The lowest BCUT2D eigenvalue weighted by atomic mass is 9.96. The van der Waals surface area contributed by atoms with E-state index >= 15 is 0 Å². The molecule has 1 fully saturated rings. The van der Waals surface area contributed by atoms with Gasteiger partial charge < -0.3 is 14.7 Å². The van der Waals surface area contributed by atoms with E-state index in [2.05, 4.69) is 4.98 Å². The number of ether oxygens (including phenoxy) is 1. The van der Waals surface area contributed by atoms with Gasteiger partial charge in [0.1, 0.15) is 22.8 Å². The molecule has 0 aliphatic carbocycles. The molecule has 1 unspecified atom stereocenters. The van der Waals surface area contributed by atoms with Gasteiger partial charge in [0.15, 0.2) is 5.76 Å². The molecule has 0 bridgehead atoms. The van der Waals surface area contributed by atoms with Crippen molar-refractivity contribution in [1.29, 1.82) is 0 Å². The van der Waals surface area contributed by atoms with Crippen LogP contribution in [0.5, 0.6) is 11.5 Å². The van der Waals surface area contributed by atoms with Gasteiger partial charge in [-0.3, -0.25) is 14.0 Å². The molecule has 0 spiro atoms. The van der Waals surface area contributed by atoms with Crippen molar-refractivity contribution in [2.24, 2.45) is 0 Å². The van der Waals surface area contributed by atoms with Crippen molar-refractivity contribution in [2.45, 2.75) is 19.4 Å². The maximum atomic E-state index is 13.6. The Morgan fingerprint density at radius 3 is 2.35 bits per heavy atom. The lowest BCUT2D eigenvalue weighted by molar-refractivity contribution is -0.139. The molecule has 7 heteroatoms. The monoisotopic (exact) mass is 529 g/mol. The molecule has 6 rings (SSSR count). The third kappa shape index (κ3) is 4.62. The summed E-state index contributed by atoms with van der Waals surface area (Å²) in [6.45, 7) is 2.07. The summed E-state index contributed by atoms with van der Waals surface area (Å²) in [5, 5.41) is 11.7. The molecule has 40 heavy (non-hydrogen) atoms. The highest BCUT2D eigenvalue weighted by Crippen LogP contribution is 2.41. The first-order valence-corrected chi connectivity index (χ1v) is 13.1. The molecule has 2 aromatic heterocycles. The third-order valence-corrected chi connectivity index (χ3v) is 7.11. The summed E-state index contributed by atoms with van der Waals surface area (Å²) in [6.07, 6.45) is 2.33. The van der Waals surface area contributed by atoms with Gasteiger partial charge in [-0.05, 0) is 60.9 Å². The number of likely N-dealkylation sites (tertiary alicyclic amines) is 1. The lowest BCUT2D eigenvalue weighted by Gasteiger charge is -2.25. The van der Waals surface area contributed by atoms with Crippen molar-refractivity contribution in [1.82, 2.24) is 14.3 Å². The van der Waals surface area contributed by atoms with Crippen molar-refractivity contribution >= 4 is 23.1 Å². The van der Waals surface area contributed by atoms with Crippen LogP contribution in [0.25, 0.3) is 11.4 Å². The SMILES string of the molecule is Cc1nc2ccccn2c1/C(O)=C1\C(=O)C(=O)N(CCc2ccccc2)C1c1cccc(Oc2ccccc2)c1. The Hall–Kier alpha value is -5.17. The Morgan fingerprint density at radius 1 is 0.875 bits per heavy atom. The van der Waals surface area contributed by atoms with Crippen molar-refractivity contribution in [3.05, 3.63) is 137 Å². The number of aromatic nitrogens is 2. The Balaban J connectivity index is 1.47. The number of nitrogens with zero attached hydrogens (tertiary/aromatic N) is 3. The minimum absolute atomic E-state index is 0.0312. The van der Waals surface area contributed by atoms with Gasteiger partial charge in [0.2, 0.25) is 0 Å². The standard InChI is InChI=1S/C33H27N3O4/c1-22-29(35-19-9-8-17-27(35)34-22)31(37)28-30(24-13-10-16-26(21-24)40-25-14-6-3-7-15-25)36(33(39)32(28)38)20-18-23-11-4-2-5-12-23/h2-17,19,21,30,37H,18,20H2,1H3/b31-28+. The number of aliphatic hydroxyl groups is 1. The summed E-state index contributed by atoms with van der Waals surface area (Å²) in [7, 11) is 0. The number of aliphatic hydroxyl groups excluding tert-OH is 1. The highest BCUT2D eigenvalue weighted by atomic mass is 16.5. The summed E-state index contributed by atoms with van der Waals surface area (Å²) >= 11 is 0. The van der Waals surface area contributed by atoms with Crippen LogP contribution < -0.4 is 4.74 Å². The predicted molar refractivity (Wildman–Crippen MR) is 152 cm³/mol. The van der Waals surface area contributed by atoms with Gasteiger partial charge in [0.25, 0.3) is 11.7 Å². The van der Waals surface area contributed by atoms with Crippen LogP contribution in [-0.2, 0) is 16.0 Å². The average Bonchev–Trinajstić information content (AvgIpc) is 3.45. The molecule has 1 saturated heterocycles. The summed E-state index contributed by atoms with van der Waals surface area (Å²) < 4.78 is 7.79. The van der Waals surface area contributed by atoms with Crippen molar-refractivity contribution in [3.8, 4) is 11.5 Å². The normalized spacial score (nSPS) is 16.5. The fourth-order valence-corrected chi connectivity index (χ4v) is 5.25. The maximum Gasteiger partial charge on any atom is 0.295 e. The smallest absolute Gasteiger partial charge is 0.295 e. The van der Waals surface area contributed by atoms with Crippen LogP contribution in [0.1, 0.15) is 28.6 Å². The van der Waals surface area contributed by atoms with Crippen LogP contribution in [0.3, 0.4) is 0 Å². The molecule has 0 radical (unpaired) electrons. The maximum absolute atomic E-state index is 13.6. The number of pyridine rings is 1. The van der Waals surface area contributed by atoms with E-state index in [9.17, 15) is 14.7 Å². The predicted octanol–water partition coefficient (Wildman–Crippen LogP) is 6.10. The molecule has 3 heterocycles. The second-order valence-corrected chi connectivity index (χ2v) is 9.69. The average molecular weight is 530 g/mol. The molecule has 1 atom stereocenters. The lowest BCUT2D eigenvalue weighted by Crippen LogP contribution is -2.31. The van der Waals surface area contributed by atoms with Crippen LogP contribution in [0.15, 0.2) is 115 Å². The minimum Gasteiger partial charge on any atom is -0.505 e. The Kier molecular flexibility index (Phi) is 6.62. The number of hydrogen-bond donors (Lipinski definition) is 1. The van der Waals surface area contributed by atoms with Crippen molar-refractivity contribution < 1.29 is 19.4 Å². The van der Waals surface area contributed by atoms with E-state index in [4.69, 9.17) is 4.74 Å². The Labute approximate surface area is 231 Å². The fraction of sp³-hybridized carbons (Fsp3) is 0.121. The molecule has 5 aromatic rings. The van der Waals surface area contributed by atoms with Gasteiger partial charge in [-0.15, -0.1) is 0 Å². The number of rotatable bonds is 7. The van der Waals surface area contributed by atoms with E-state index < -0.39 is 17.7 Å². The van der Waals surface area contributed by atoms with E-state index in [0.29, 0.717) is 47.1 Å². The molecular formula is C33H27N3O4. The molecule has 1 aliphatic heterocycles. The van der Waals surface area contributed by atoms with E-state index in [1.165, 1.54) is 0 Å². The third-order valence-electron chi connectivity index (χ3n) is 7.11. The summed E-state index contributed by atoms with van der Waals surface area (Å²) in [5.74, 6) is -0.405. The Bertz CT molecular complexity index is 1740. The van der Waals surface area contributed by atoms with Gasteiger partial charge in [0.05, 0.1) is 17.3 Å². The minimum atomic E-state index is -0.809. The largest absolute Gasteiger partial charge is 0.505 e. The molecule has 1 N–H and O–H groups in total. The molecule has 1 aliphatic rings. The zero-order valence-corrected chi connectivity index (χ0v) is 21.9. The second-order valence-electron chi connectivity index (χ2n) is 9.69. The molecule has 0 saturated carbocycles. The van der Waals surface area contributed by atoms with Crippen molar-refractivity contribution in [3.63, 3.8) is 0 Å². The molecule has 198 valence electrons. The van der Waals surface area contributed by atoms with E-state index in [0.717, 1.165) is 5.56 Å². The number of hydrogen-bond acceptors (Lipinski definition) is 5. The van der Waals surface area contributed by atoms with Gasteiger partial charge in [-0.2, -0.15) is 0 Å². The number of para-hydroxylation sites is 1. The zero-order chi connectivity index (χ0) is 27.6. The van der Waals surface area contributed by atoms with E-state index in [1.54, 1.807) is 22.4 Å². The summed E-state index contributed by atoms with van der Waals surface area (Å²) in [6, 6.07) is 31.2. The van der Waals surface area contributed by atoms with Gasteiger partial charge in [0, 0.05) is 12.7 Å². The van der Waals surface area contributed by atoms with Crippen LogP contribution in [0.2, 0.25) is 0 Å². The highest BCUT2D eigenvalue weighted by molar-refractivity contribution is 6.46. The van der Waals surface area contributed by atoms with Crippen LogP contribution in [0, 0.1) is 6.92 Å². The first-order chi connectivity index (χ1) is 19.5. The fourth-order valence-electron chi connectivity index (χ4n) is 5.25. The van der Waals surface area contributed by atoms with E-state index in [-0.39, 0.29) is 11.3 Å². The van der Waals surface area contributed by atoms with Crippen LogP contribution in [0.4, 0.5) is 0 Å². The molecular weight excluding hydrogens is 502 g/mol. The van der Waals surface area contributed by atoms with Gasteiger partial charge in [-0.25, -0.2) is 4.98 Å². The second kappa shape index (κ2) is 10.5. The number of aryl methyl sites for hydroxylation is 1.